The van der Waals surface area contributed by atoms with Crippen LogP contribution in [0.3, 0.4) is 0 Å². The van der Waals surface area contributed by atoms with Crippen molar-refractivity contribution in [1.82, 2.24) is 19.6 Å². The second kappa shape index (κ2) is 4.63. The Balaban J connectivity index is 2.31. The third-order valence-electron chi connectivity index (χ3n) is 1.87. The van der Waals surface area contributed by atoms with Gasteiger partial charge in [0, 0.05) is 23.9 Å². The van der Waals surface area contributed by atoms with Crippen LogP contribution in [-0.4, -0.2) is 28.0 Å². The van der Waals surface area contributed by atoms with Crippen molar-refractivity contribution >= 4 is 33.0 Å². The lowest BCUT2D eigenvalue weighted by molar-refractivity contribution is 0.585. The summed E-state index contributed by atoms with van der Waals surface area (Å²) < 4.78 is 27.7. The Morgan fingerprint density at radius 1 is 1.35 bits per heavy atom. The van der Waals surface area contributed by atoms with Gasteiger partial charge < -0.3 is 0 Å². The lowest BCUT2D eigenvalue weighted by Gasteiger charge is -2.00. The molecule has 0 atom stereocenters. The van der Waals surface area contributed by atoms with Crippen LogP contribution >= 0.6 is 23.1 Å². The first-order valence-electron chi connectivity index (χ1n) is 4.47. The van der Waals surface area contributed by atoms with E-state index in [0.29, 0.717) is 0 Å². The number of sulfone groups is 1. The maximum atomic E-state index is 11.9. The number of aryl methyl sites for hydroxylation is 1. The SMILES string of the molecule is Cc1cnc(S(=O)(=O)Cc2nnsc2Cl)nc1. The van der Waals surface area contributed by atoms with Gasteiger partial charge in [0.1, 0.15) is 15.8 Å². The molecule has 0 spiro atoms. The van der Waals surface area contributed by atoms with Crippen LogP contribution in [0.4, 0.5) is 0 Å². The fourth-order valence-corrected chi connectivity index (χ4v) is 2.98. The molecule has 0 aromatic carbocycles. The molecule has 9 heteroatoms. The fraction of sp³-hybridized carbons (Fsp3) is 0.250. The summed E-state index contributed by atoms with van der Waals surface area (Å²) >= 11 is 6.69. The Morgan fingerprint density at radius 2 is 2.00 bits per heavy atom. The molecule has 0 fully saturated rings. The average molecular weight is 291 g/mol. The molecule has 0 radical (unpaired) electrons. The fourth-order valence-electron chi connectivity index (χ4n) is 1.07. The van der Waals surface area contributed by atoms with Gasteiger partial charge in [-0.3, -0.25) is 0 Å². The first-order valence-corrected chi connectivity index (χ1v) is 7.27. The lowest BCUT2D eigenvalue weighted by atomic mass is 10.4. The van der Waals surface area contributed by atoms with Crippen molar-refractivity contribution in [2.45, 2.75) is 17.8 Å². The van der Waals surface area contributed by atoms with Crippen molar-refractivity contribution in [3.63, 3.8) is 0 Å². The molecule has 0 saturated heterocycles. The van der Waals surface area contributed by atoms with Crippen LogP contribution in [0.1, 0.15) is 11.3 Å². The molecule has 0 amide bonds. The zero-order valence-electron chi connectivity index (χ0n) is 8.66. The molecular weight excluding hydrogens is 284 g/mol. The summed E-state index contributed by atoms with van der Waals surface area (Å²) in [5, 5.41) is 3.42. The number of hydrogen-bond donors (Lipinski definition) is 0. The van der Waals surface area contributed by atoms with Gasteiger partial charge in [-0.15, -0.1) is 5.10 Å². The average Bonchev–Trinajstić information content (AvgIpc) is 2.64. The molecule has 0 bridgehead atoms. The monoisotopic (exact) mass is 290 g/mol. The molecule has 0 aliphatic heterocycles. The molecule has 2 heterocycles. The van der Waals surface area contributed by atoms with Gasteiger partial charge in [-0.2, -0.15) is 0 Å². The topological polar surface area (TPSA) is 85.7 Å². The summed E-state index contributed by atoms with van der Waals surface area (Å²) in [7, 11) is -3.63. The van der Waals surface area contributed by atoms with Crippen LogP contribution in [0.25, 0.3) is 0 Å². The molecule has 0 N–H and O–H groups in total. The third-order valence-corrected chi connectivity index (χ3v) is 4.28. The Labute approximate surface area is 107 Å². The highest BCUT2D eigenvalue weighted by Crippen LogP contribution is 2.21. The molecule has 6 nitrogen and oxygen atoms in total. The summed E-state index contributed by atoms with van der Waals surface area (Å²) in [5.41, 5.74) is 1.01. The minimum Gasteiger partial charge on any atom is -0.227 e. The molecular formula is C8H7ClN4O2S2. The third kappa shape index (κ3) is 2.76. The van der Waals surface area contributed by atoms with Crippen molar-refractivity contribution < 1.29 is 8.42 Å². The van der Waals surface area contributed by atoms with Crippen LogP contribution in [0.15, 0.2) is 17.6 Å². The van der Waals surface area contributed by atoms with Gasteiger partial charge in [-0.05, 0) is 12.5 Å². The van der Waals surface area contributed by atoms with Gasteiger partial charge in [0.05, 0.1) is 0 Å². The molecule has 17 heavy (non-hydrogen) atoms. The van der Waals surface area contributed by atoms with Crippen LogP contribution in [0, 0.1) is 6.92 Å². The predicted molar refractivity (Wildman–Crippen MR) is 62.6 cm³/mol. The van der Waals surface area contributed by atoms with E-state index in [-0.39, 0.29) is 20.9 Å². The second-order valence-corrected chi connectivity index (χ2v) is 6.53. The predicted octanol–water partition coefficient (Wildman–Crippen LogP) is 1.26. The van der Waals surface area contributed by atoms with E-state index in [1.54, 1.807) is 6.92 Å². The highest BCUT2D eigenvalue weighted by Gasteiger charge is 2.22. The van der Waals surface area contributed by atoms with Crippen molar-refractivity contribution in [3.05, 3.63) is 28.0 Å². The number of halogens is 1. The largest absolute Gasteiger partial charge is 0.247 e. The van der Waals surface area contributed by atoms with Crippen molar-refractivity contribution in [2.75, 3.05) is 0 Å². The summed E-state index contributed by atoms with van der Waals surface area (Å²) in [6, 6.07) is 0. The van der Waals surface area contributed by atoms with E-state index in [2.05, 4.69) is 19.6 Å². The summed E-state index contributed by atoms with van der Waals surface area (Å²) in [4.78, 5) is 7.55. The van der Waals surface area contributed by atoms with Gasteiger partial charge >= 0.3 is 0 Å². The molecule has 2 rings (SSSR count). The smallest absolute Gasteiger partial charge is 0.227 e. The Hall–Kier alpha value is -1.12. The van der Waals surface area contributed by atoms with Gasteiger partial charge in [0.2, 0.25) is 15.0 Å². The van der Waals surface area contributed by atoms with Crippen LogP contribution < -0.4 is 0 Å². The first-order chi connectivity index (χ1) is 7.99. The Kier molecular flexibility index (Phi) is 3.36. The highest BCUT2D eigenvalue weighted by atomic mass is 35.5. The number of hydrogen-bond acceptors (Lipinski definition) is 7. The lowest BCUT2D eigenvalue weighted by Crippen LogP contribution is -2.10. The molecule has 0 unspecified atom stereocenters. The van der Waals surface area contributed by atoms with Crippen LogP contribution in [0.5, 0.6) is 0 Å². The zero-order chi connectivity index (χ0) is 12.5. The van der Waals surface area contributed by atoms with Gasteiger partial charge in [0.15, 0.2) is 0 Å². The van der Waals surface area contributed by atoms with E-state index < -0.39 is 9.84 Å². The molecule has 0 aliphatic carbocycles. The van der Waals surface area contributed by atoms with Crippen molar-refractivity contribution in [2.24, 2.45) is 0 Å². The normalized spacial score (nSPS) is 11.6. The molecule has 0 aliphatic rings. The first kappa shape index (κ1) is 12.3. The van der Waals surface area contributed by atoms with E-state index >= 15 is 0 Å². The molecule has 90 valence electrons. The molecule has 2 aromatic rings. The van der Waals surface area contributed by atoms with E-state index in [9.17, 15) is 8.42 Å². The quantitative estimate of drug-likeness (QED) is 0.791. The van der Waals surface area contributed by atoms with E-state index in [0.717, 1.165) is 17.1 Å². The molecule has 0 saturated carbocycles. The number of aromatic nitrogens is 4. The van der Waals surface area contributed by atoms with E-state index in [1.807, 2.05) is 0 Å². The van der Waals surface area contributed by atoms with Crippen LogP contribution in [0.2, 0.25) is 4.34 Å². The standard InChI is InChI=1S/C8H7ClN4O2S2/c1-5-2-10-8(11-3-5)17(14,15)4-6-7(9)16-13-12-6/h2-3H,4H2,1H3. The summed E-state index contributed by atoms with van der Waals surface area (Å²) in [6.07, 6.45) is 2.89. The van der Waals surface area contributed by atoms with Gasteiger partial charge in [-0.25, -0.2) is 18.4 Å². The van der Waals surface area contributed by atoms with Crippen LogP contribution in [-0.2, 0) is 15.6 Å². The van der Waals surface area contributed by atoms with Gasteiger partial charge in [-0.1, -0.05) is 16.1 Å². The van der Waals surface area contributed by atoms with E-state index in [1.165, 1.54) is 12.4 Å². The maximum absolute atomic E-state index is 11.9. The summed E-state index contributed by atoms with van der Waals surface area (Å²) in [6.45, 7) is 1.78. The minimum atomic E-state index is -3.63. The Morgan fingerprint density at radius 3 is 2.53 bits per heavy atom. The maximum Gasteiger partial charge on any atom is 0.247 e. The number of rotatable bonds is 3. The van der Waals surface area contributed by atoms with Crippen molar-refractivity contribution in [1.29, 1.82) is 0 Å². The zero-order valence-corrected chi connectivity index (χ0v) is 11.1. The Bertz CT molecular complexity index is 623. The summed E-state index contributed by atoms with van der Waals surface area (Å²) in [5.74, 6) is -0.342. The second-order valence-electron chi connectivity index (χ2n) is 3.30. The number of nitrogens with zero attached hydrogens (tertiary/aromatic N) is 4. The molecule has 2 aromatic heterocycles. The van der Waals surface area contributed by atoms with E-state index in [4.69, 9.17) is 11.6 Å². The van der Waals surface area contributed by atoms with Gasteiger partial charge in [0.25, 0.3) is 0 Å². The minimum absolute atomic E-state index is 0.223. The highest BCUT2D eigenvalue weighted by molar-refractivity contribution is 7.90. The van der Waals surface area contributed by atoms with Crippen molar-refractivity contribution in [3.8, 4) is 0 Å².